The third-order valence-electron chi connectivity index (χ3n) is 2.57. The van der Waals surface area contributed by atoms with Gasteiger partial charge in [0.25, 0.3) is 11.8 Å². The minimum Gasteiger partial charge on any atom is -0.451 e. The van der Waals surface area contributed by atoms with Gasteiger partial charge in [0, 0.05) is 12.6 Å². The van der Waals surface area contributed by atoms with Crippen LogP contribution in [0.5, 0.6) is 0 Å². The lowest BCUT2D eigenvalue weighted by molar-refractivity contribution is -0.153. The van der Waals surface area contributed by atoms with Crippen LogP contribution in [0.25, 0.3) is 0 Å². The highest BCUT2D eigenvalue weighted by atomic mass is 16.5. The molecule has 0 aliphatic heterocycles. The molecule has 1 aromatic rings. The molecule has 0 aromatic heterocycles. The van der Waals surface area contributed by atoms with E-state index in [0.717, 1.165) is 0 Å². The maximum absolute atomic E-state index is 11.7. The summed E-state index contributed by atoms with van der Waals surface area (Å²) in [6, 6.07) is 7.64. The summed E-state index contributed by atoms with van der Waals surface area (Å²) in [4.78, 5) is 45.6. The molecule has 0 spiro atoms. The minimum atomic E-state index is -1.15. The number of nitrogens with one attached hydrogen (secondary N) is 3. The molecule has 8 nitrogen and oxygen atoms in total. The zero-order valence-electron chi connectivity index (χ0n) is 12.2. The molecule has 0 heterocycles. The predicted molar refractivity (Wildman–Crippen MR) is 76.9 cm³/mol. The maximum Gasteiger partial charge on any atom is 0.326 e. The van der Waals surface area contributed by atoms with Crippen molar-refractivity contribution in [1.29, 1.82) is 0 Å². The Hall–Kier alpha value is -2.90. The third-order valence-corrected chi connectivity index (χ3v) is 2.57. The van der Waals surface area contributed by atoms with Gasteiger partial charge in [0.15, 0.2) is 6.10 Å². The molecular weight excluding hydrogens is 290 g/mol. The summed E-state index contributed by atoms with van der Waals surface area (Å²) in [7, 11) is 1.35. The van der Waals surface area contributed by atoms with Gasteiger partial charge in [-0.3, -0.25) is 19.7 Å². The van der Waals surface area contributed by atoms with Gasteiger partial charge in [0.1, 0.15) is 6.54 Å². The molecular formula is C14H17N3O5. The number of benzene rings is 1. The number of carbonyl (C=O) groups excluding carboxylic acids is 4. The van der Waals surface area contributed by atoms with Crippen molar-refractivity contribution >= 4 is 23.8 Å². The van der Waals surface area contributed by atoms with Crippen LogP contribution in [0.2, 0.25) is 0 Å². The lowest BCUT2D eigenvalue weighted by Crippen LogP contribution is -2.44. The molecule has 1 aromatic carbocycles. The van der Waals surface area contributed by atoms with Crippen LogP contribution >= 0.6 is 0 Å². The quantitative estimate of drug-likeness (QED) is 0.652. The molecule has 1 rings (SSSR count). The van der Waals surface area contributed by atoms with Gasteiger partial charge >= 0.3 is 12.0 Å². The zero-order valence-corrected chi connectivity index (χ0v) is 12.2. The first-order chi connectivity index (χ1) is 10.4. The van der Waals surface area contributed by atoms with Crippen LogP contribution < -0.4 is 16.0 Å². The fraction of sp³-hybridized carbons (Fsp3) is 0.286. The molecule has 0 fully saturated rings. The Kier molecular flexibility index (Phi) is 6.55. The van der Waals surface area contributed by atoms with Crippen LogP contribution in [0.1, 0.15) is 17.3 Å². The Morgan fingerprint density at radius 2 is 1.77 bits per heavy atom. The van der Waals surface area contributed by atoms with Crippen molar-refractivity contribution in [3.63, 3.8) is 0 Å². The van der Waals surface area contributed by atoms with Crippen molar-refractivity contribution in [2.24, 2.45) is 0 Å². The molecule has 0 saturated carbocycles. The Labute approximate surface area is 127 Å². The van der Waals surface area contributed by atoms with Crippen molar-refractivity contribution in [2.45, 2.75) is 13.0 Å². The summed E-state index contributed by atoms with van der Waals surface area (Å²) < 4.78 is 4.80. The average molecular weight is 307 g/mol. The average Bonchev–Trinajstić information content (AvgIpc) is 2.53. The molecule has 0 saturated heterocycles. The molecule has 0 aliphatic carbocycles. The number of carbonyl (C=O) groups is 4. The van der Waals surface area contributed by atoms with E-state index in [1.54, 1.807) is 30.3 Å². The SMILES string of the molecule is CNC(=O)NC(=O)[C@H](C)OC(=O)CNC(=O)c1ccccc1. The third kappa shape index (κ3) is 5.61. The number of amides is 4. The number of imide groups is 1. The van der Waals surface area contributed by atoms with E-state index >= 15 is 0 Å². The molecule has 0 aliphatic rings. The maximum atomic E-state index is 11.7. The number of hydrogen-bond donors (Lipinski definition) is 3. The molecule has 1 atom stereocenters. The first-order valence-corrected chi connectivity index (χ1v) is 6.49. The van der Waals surface area contributed by atoms with E-state index in [0.29, 0.717) is 5.56 Å². The van der Waals surface area contributed by atoms with Gasteiger partial charge in [-0.1, -0.05) is 18.2 Å². The number of rotatable bonds is 5. The molecule has 118 valence electrons. The fourth-order valence-corrected chi connectivity index (χ4v) is 1.41. The summed E-state index contributed by atoms with van der Waals surface area (Å²) in [5, 5.41) is 6.54. The summed E-state index contributed by atoms with van der Waals surface area (Å²) >= 11 is 0. The highest BCUT2D eigenvalue weighted by molar-refractivity contribution is 5.98. The highest BCUT2D eigenvalue weighted by Gasteiger charge is 2.19. The second-order valence-corrected chi connectivity index (χ2v) is 4.25. The van der Waals surface area contributed by atoms with E-state index in [-0.39, 0.29) is 6.54 Å². The predicted octanol–water partition coefficient (Wildman–Crippen LogP) is -0.196. The van der Waals surface area contributed by atoms with Crippen molar-refractivity contribution in [3.8, 4) is 0 Å². The summed E-state index contributed by atoms with van der Waals surface area (Å²) in [5.41, 5.74) is 0.403. The smallest absolute Gasteiger partial charge is 0.326 e. The Morgan fingerprint density at radius 1 is 1.14 bits per heavy atom. The lowest BCUT2D eigenvalue weighted by atomic mass is 10.2. The van der Waals surface area contributed by atoms with Crippen molar-refractivity contribution in [3.05, 3.63) is 35.9 Å². The van der Waals surface area contributed by atoms with Gasteiger partial charge in [0.05, 0.1) is 0 Å². The van der Waals surface area contributed by atoms with E-state index < -0.39 is 29.9 Å². The lowest BCUT2D eigenvalue weighted by Gasteiger charge is -2.13. The molecule has 8 heteroatoms. The van der Waals surface area contributed by atoms with Crippen LogP contribution in [-0.2, 0) is 14.3 Å². The van der Waals surface area contributed by atoms with E-state index in [1.807, 2.05) is 5.32 Å². The minimum absolute atomic E-state index is 0.384. The molecule has 22 heavy (non-hydrogen) atoms. The van der Waals surface area contributed by atoms with Crippen LogP contribution in [0, 0.1) is 0 Å². The number of esters is 1. The second kappa shape index (κ2) is 8.40. The van der Waals surface area contributed by atoms with Gasteiger partial charge in [-0.15, -0.1) is 0 Å². The normalized spacial score (nSPS) is 11.0. The fourth-order valence-electron chi connectivity index (χ4n) is 1.41. The Morgan fingerprint density at radius 3 is 2.36 bits per heavy atom. The van der Waals surface area contributed by atoms with Crippen molar-refractivity contribution in [1.82, 2.24) is 16.0 Å². The summed E-state index contributed by atoms with van der Waals surface area (Å²) in [5.74, 6) is -1.98. The second-order valence-electron chi connectivity index (χ2n) is 4.25. The number of ether oxygens (including phenoxy) is 1. The van der Waals surface area contributed by atoms with Crippen LogP contribution in [0.15, 0.2) is 30.3 Å². The van der Waals surface area contributed by atoms with Crippen LogP contribution in [0.4, 0.5) is 4.79 Å². The number of urea groups is 1. The first kappa shape index (κ1) is 17.2. The zero-order chi connectivity index (χ0) is 16.5. The highest BCUT2D eigenvalue weighted by Crippen LogP contribution is 1.98. The Bertz CT molecular complexity index is 559. The van der Waals surface area contributed by atoms with E-state index in [4.69, 9.17) is 4.74 Å². The molecule has 4 amide bonds. The Balaban J connectivity index is 2.38. The van der Waals surface area contributed by atoms with Gasteiger partial charge in [0.2, 0.25) is 0 Å². The largest absolute Gasteiger partial charge is 0.451 e. The van der Waals surface area contributed by atoms with Gasteiger partial charge < -0.3 is 15.4 Å². The monoisotopic (exact) mass is 307 g/mol. The molecule has 0 unspecified atom stereocenters. The van der Waals surface area contributed by atoms with Crippen LogP contribution in [0.3, 0.4) is 0 Å². The molecule has 0 bridgehead atoms. The topological polar surface area (TPSA) is 114 Å². The number of hydrogen-bond acceptors (Lipinski definition) is 5. The summed E-state index contributed by atoms with van der Waals surface area (Å²) in [6.45, 7) is 0.931. The van der Waals surface area contributed by atoms with Gasteiger partial charge in [-0.25, -0.2) is 4.79 Å². The van der Waals surface area contributed by atoms with Gasteiger partial charge in [-0.2, -0.15) is 0 Å². The summed E-state index contributed by atoms with van der Waals surface area (Å²) in [6.07, 6.45) is -1.15. The van der Waals surface area contributed by atoms with Crippen molar-refractivity contribution < 1.29 is 23.9 Å². The van der Waals surface area contributed by atoms with Crippen LogP contribution in [-0.4, -0.2) is 43.5 Å². The van der Waals surface area contributed by atoms with E-state index in [2.05, 4.69) is 10.6 Å². The molecule has 3 N–H and O–H groups in total. The standard InChI is InChI=1S/C14H17N3O5/c1-9(12(19)17-14(21)15-2)22-11(18)8-16-13(20)10-6-4-3-5-7-10/h3-7,9H,8H2,1-2H3,(H,16,20)(H2,15,17,19,21)/t9-/m0/s1. The molecule has 0 radical (unpaired) electrons. The van der Waals surface area contributed by atoms with Crippen molar-refractivity contribution in [2.75, 3.05) is 13.6 Å². The van der Waals surface area contributed by atoms with E-state index in [1.165, 1.54) is 14.0 Å². The van der Waals surface area contributed by atoms with E-state index in [9.17, 15) is 19.2 Å². The first-order valence-electron chi connectivity index (χ1n) is 6.49. The van der Waals surface area contributed by atoms with Gasteiger partial charge in [-0.05, 0) is 19.1 Å².